The Kier molecular flexibility index (Phi) is 5.57. The van der Waals surface area contributed by atoms with E-state index in [9.17, 15) is 9.59 Å². The zero-order valence-electron chi connectivity index (χ0n) is 14.3. The molecule has 2 aliphatic heterocycles. The maximum atomic E-state index is 13.0. The maximum absolute atomic E-state index is 13.0. The molecular weight excluding hydrogens is 292 g/mol. The third-order valence-electron chi connectivity index (χ3n) is 5.95. The fourth-order valence-corrected chi connectivity index (χ4v) is 4.66. The Balaban J connectivity index is 1.61. The predicted octanol–water partition coefficient (Wildman–Crippen LogP) is 2.05. The molecule has 130 valence electrons. The van der Waals surface area contributed by atoms with Crippen molar-refractivity contribution < 1.29 is 14.3 Å². The average Bonchev–Trinajstić information content (AvgIpc) is 3.11. The summed E-state index contributed by atoms with van der Waals surface area (Å²) < 4.78 is 4.90. The molecule has 0 aromatic rings. The minimum atomic E-state index is -0.220. The largest absolute Gasteiger partial charge is 0.469 e. The van der Waals surface area contributed by atoms with E-state index in [1.54, 1.807) is 0 Å². The van der Waals surface area contributed by atoms with Crippen molar-refractivity contribution in [2.24, 2.45) is 11.8 Å². The molecule has 1 saturated carbocycles. The summed E-state index contributed by atoms with van der Waals surface area (Å²) in [5.41, 5.74) is 0. The van der Waals surface area contributed by atoms with Crippen LogP contribution in [0.5, 0.6) is 0 Å². The summed E-state index contributed by atoms with van der Waals surface area (Å²) in [4.78, 5) is 29.5. The first-order valence-corrected chi connectivity index (χ1v) is 9.31. The molecule has 2 saturated heterocycles. The first-order chi connectivity index (χ1) is 11.2. The third-order valence-corrected chi connectivity index (χ3v) is 5.95. The van der Waals surface area contributed by atoms with Crippen LogP contribution in [0.15, 0.2) is 0 Å². The molecule has 0 aromatic carbocycles. The van der Waals surface area contributed by atoms with Crippen molar-refractivity contribution in [2.45, 2.75) is 57.4 Å². The second kappa shape index (κ2) is 7.65. The Morgan fingerprint density at radius 1 is 0.870 bits per heavy atom. The SMILES string of the molecule is COC(=O)[C@@H]1CCC[C@@H]1C(=O)N1CCC[C@@H](N2CCCCC2)C1. The van der Waals surface area contributed by atoms with E-state index in [0.717, 1.165) is 38.8 Å². The lowest BCUT2D eigenvalue weighted by Gasteiger charge is -2.42. The zero-order chi connectivity index (χ0) is 16.2. The number of likely N-dealkylation sites (tertiary alicyclic amines) is 2. The van der Waals surface area contributed by atoms with Gasteiger partial charge in [-0.2, -0.15) is 0 Å². The Hall–Kier alpha value is -1.10. The van der Waals surface area contributed by atoms with Gasteiger partial charge in [0.25, 0.3) is 0 Å². The number of methoxy groups -OCH3 is 1. The number of rotatable bonds is 3. The second-order valence-corrected chi connectivity index (χ2v) is 7.34. The van der Waals surface area contributed by atoms with E-state index >= 15 is 0 Å². The van der Waals surface area contributed by atoms with Crippen LogP contribution in [-0.2, 0) is 14.3 Å². The lowest BCUT2D eigenvalue weighted by atomic mass is 9.93. The maximum Gasteiger partial charge on any atom is 0.309 e. The number of piperidine rings is 2. The third kappa shape index (κ3) is 3.70. The van der Waals surface area contributed by atoms with Gasteiger partial charge in [0.1, 0.15) is 0 Å². The van der Waals surface area contributed by atoms with Crippen LogP contribution in [0.3, 0.4) is 0 Å². The van der Waals surface area contributed by atoms with E-state index in [1.807, 2.05) is 4.90 Å². The number of carbonyl (C=O) groups is 2. The van der Waals surface area contributed by atoms with Crippen LogP contribution in [0, 0.1) is 11.8 Å². The summed E-state index contributed by atoms with van der Waals surface area (Å²) in [5, 5.41) is 0. The van der Waals surface area contributed by atoms with Gasteiger partial charge in [0, 0.05) is 19.1 Å². The van der Waals surface area contributed by atoms with Gasteiger partial charge in [0.15, 0.2) is 0 Å². The predicted molar refractivity (Wildman–Crippen MR) is 87.9 cm³/mol. The molecule has 0 N–H and O–H groups in total. The highest BCUT2D eigenvalue weighted by atomic mass is 16.5. The molecule has 0 spiro atoms. The molecule has 1 aliphatic carbocycles. The van der Waals surface area contributed by atoms with Crippen molar-refractivity contribution in [1.29, 1.82) is 0 Å². The van der Waals surface area contributed by atoms with E-state index < -0.39 is 0 Å². The minimum absolute atomic E-state index is 0.150. The van der Waals surface area contributed by atoms with Crippen molar-refractivity contribution in [3.8, 4) is 0 Å². The molecule has 3 atom stereocenters. The smallest absolute Gasteiger partial charge is 0.309 e. The summed E-state index contributed by atoms with van der Waals surface area (Å²) in [5.74, 6) is -0.379. The molecule has 1 amide bonds. The number of carbonyl (C=O) groups excluding carboxylic acids is 2. The summed E-state index contributed by atoms with van der Waals surface area (Å²) in [6, 6.07) is 0.519. The number of hydrogen-bond acceptors (Lipinski definition) is 4. The van der Waals surface area contributed by atoms with Crippen LogP contribution in [0.4, 0.5) is 0 Å². The van der Waals surface area contributed by atoms with E-state index in [0.29, 0.717) is 6.04 Å². The topological polar surface area (TPSA) is 49.9 Å². The molecule has 3 aliphatic rings. The van der Waals surface area contributed by atoms with Gasteiger partial charge in [0.2, 0.25) is 5.91 Å². The van der Waals surface area contributed by atoms with Crippen LogP contribution in [0.2, 0.25) is 0 Å². The van der Waals surface area contributed by atoms with Gasteiger partial charge in [-0.3, -0.25) is 14.5 Å². The van der Waals surface area contributed by atoms with Gasteiger partial charge in [-0.15, -0.1) is 0 Å². The number of esters is 1. The van der Waals surface area contributed by atoms with E-state index in [-0.39, 0.29) is 23.7 Å². The molecule has 23 heavy (non-hydrogen) atoms. The van der Waals surface area contributed by atoms with Gasteiger partial charge in [-0.25, -0.2) is 0 Å². The Morgan fingerprint density at radius 3 is 2.35 bits per heavy atom. The highest BCUT2D eigenvalue weighted by molar-refractivity contribution is 5.86. The van der Waals surface area contributed by atoms with E-state index in [1.165, 1.54) is 45.9 Å². The van der Waals surface area contributed by atoms with Gasteiger partial charge >= 0.3 is 5.97 Å². The number of nitrogens with zero attached hydrogens (tertiary/aromatic N) is 2. The Morgan fingerprint density at radius 2 is 1.61 bits per heavy atom. The first-order valence-electron chi connectivity index (χ1n) is 9.31. The summed E-state index contributed by atoms with van der Waals surface area (Å²) in [6.45, 7) is 4.07. The highest BCUT2D eigenvalue weighted by Crippen LogP contribution is 2.35. The second-order valence-electron chi connectivity index (χ2n) is 7.34. The van der Waals surface area contributed by atoms with Crippen molar-refractivity contribution in [2.75, 3.05) is 33.3 Å². The molecule has 5 nitrogen and oxygen atoms in total. The van der Waals surface area contributed by atoms with Gasteiger partial charge < -0.3 is 9.64 Å². The fraction of sp³-hybridized carbons (Fsp3) is 0.889. The monoisotopic (exact) mass is 322 g/mol. The molecule has 3 rings (SSSR count). The lowest BCUT2D eigenvalue weighted by molar-refractivity contribution is -0.152. The lowest BCUT2D eigenvalue weighted by Crippen LogP contribution is -2.52. The summed E-state index contributed by atoms with van der Waals surface area (Å²) in [7, 11) is 1.43. The summed E-state index contributed by atoms with van der Waals surface area (Å²) in [6.07, 6.45) is 8.80. The Bertz CT molecular complexity index is 434. The quantitative estimate of drug-likeness (QED) is 0.746. The van der Waals surface area contributed by atoms with Crippen LogP contribution in [0.1, 0.15) is 51.4 Å². The van der Waals surface area contributed by atoms with Gasteiger partial charge in [-0.05, 0) is 51.6 Å². The van der Waals surface area contributed by atoms with Gasteiger partial charge in [-0.1, -0.05) is 12.8 Å². The molecule has 2 heterocycles. The van der Waals surface area contributed by atoms with Crippen LogP contribution in [-0.4, -0.2) is 61.0 Å². The zero-order valence-corrected chi connectivity index (χ0v) is 14.3. The first kappa shape index (κ1) is 16.7. The Labute approximate surface area is 139 Å². The van der Waals surface area contributed by atoms with E-state index in [2.05, 4.69) is 4.90 Å². The van der Waals surface area contributed by atoms with Crippen molar-refractivity contribution in [1.82, 2.24) is 9.80 Å². The molecule has 0 unspecified atom stereocenters. The number of amides is 1. The fourth-order valence-electron chi connectivity index (χ4n) is 4.66. The van der Waals surface area contributed by atoms with Crippen molar-refractivity contribution in [3.63, 3.8) is 0 Å². The van der Waals surface area contributed by atoms with Crippen molar-refractivity contribution in [3.05, 3.63) is 0 Å². The standard InChI is InChI=1S/C18H30N2O3/c1-23-18(22)16-9-5-8-15(16)17(21)20-12-6-7-14(13-20)19-10-3-2-4-11-19/h14-16H,2-13H2,1H3/t14-,15+,16-/m1/s1. The van der Waals surface area contributed by atoms with Crippen LogP contribution < -0.4 is 0 Å². The highest BCUT2D eigenvalue weighted by Gasteiger charge is 2.41. The number of ether oxygens (including phenoxy) is 1. The summed E-state index contributed by atoms with van der Waals surface area (Å²) >= 11 is 0. The van der Waals surface area contributed by atoms with E-state index in [4.69, 9.17) is 4.74 Å². The normalized spacial score (nSPS) is 32.7. The molecular formula is C18H30N2O3. The molecule has 5 heteroatoms. The molecule has 0 radical (unpaired) electrons. The van der Waals surface area contributed by atoms with Crippen molar-refractivity contribution >= 4 is 11.9 Å². The van der Waals surface area contributed by atoms with Crippen LogP contribution >= 0.6 is 0 Å². The van der Waals surface area contributed by atoms with Gasteiger partial charge in [0.05, 0.1) is 18.9 Å². The molecule has 0 aromatic heterocycles. The molecule has 3 fully saturated rings. The van der Waals surface area contributed by atoms with Crippen LogP contribution in [0.25, 0.3) is 0 Å². The average molecular weight is 322 g/mol. The number of hydrogen-bond donors (Lipinski definition) is 0. The molecule has 0 bridgehead atoms. The minimum Gasteiger partial charge on any atom is -0.469 e.